The topological polar surface area (TPSA) is 45.5 Å². The first kappa shape index (κ1) is 14.6. The van der Waals surface area contributed by atoms with Crippen LogP contribution in [0.4, 0.5) is 0 Å². The van der Waals surface area contributed by atoms with E-state index >= 15 is 0 Å². The molecule has 0 atom stereocenters. The molecule has 0 saturated heterocycles. The summed E-state index contributed by atoms with van der Waals surface area (Å²) in [6.07, 6.45) is 0.919. The zero-order chi connectivity index (χ0) is 15.5. The molecule has 0 aliphatic carbocycles. The van der Waals surface area contributed by atoms with Crippen LogP contribution in [-0.2, 0) is 0 Å². The summed E-state index contributed by atoms with van der Waals surface area (Å²) in [5.41, 5.74) is 0.747. The molecule has 4 nitrogen and oxygen atoms in total. The first-order valence-corrected chi connectivity index (χ1v) is 7.49. The fourth-order valence-electron chi connectivity index (χ4n) is 2.59. The van der Waals surface area contributed by atoms with E-state index in [0.717, 1.165) is 34.7 Å². The predicted molar refractivity (Wildman–Crippen MR) is 89.2 cm³/mol. The van der Waals surface area contributed by atoms with Gasteiger partial charge in [-0.3, -0.25) is 4.79 Å². The van der Waals surface area contributed by atoms with Gasteiger partial charge >= 0.3 is 0 Å². The van der Waals surface area contributed by atoms with Gasteiger partial charge in [0.25, 0.3) is 5.91 Å². The average molecular weight is 296 g/mol. The van der Waals surface area contributed by atoms with Crippen LogP contribution in [0.3, 0.4) is 0 Å². The lowest BCUT2D eigenvalue weighted by atomic mass is 10.1. The van der Waals surface area contributed by atoms with Gasteiger partial charge in [0, 0.05) is 11.9 Å². The van der Waals surface area contributed by atoms with Crippen LogP contribution in [0.15, 0.2) is 46.9 Å². The molecule has 0 saturated carbocycles. The molecule has 2 aromatic carbocycles. The van der Waals surface area contributed by atoms with Gasteiger partial charge in [-0.2, -0.15) is 0 Å². The van der Waals surface area contributed by atoms with Gasteiger partial charge in [0.15, 0.2) is 5.76 Å². The Morgan fingerprint density at radius 3 is 2.77 bits per heavy atom. The Bertz CT molecular complexity index is 805. The molecule has 0 radical (unpaired) electrons. The SMILES string of the molecule is CN(C)CCCNC(=O)c1cc2c(ccc3ccccc32)o1. The summed E-state index contributed by atoms with van der Waals surface area (Å²) in [6.45, 7) is 1.60. The van der Waals surface area contributed by atoms with Crippen LogP contribution in [0.5, 0.6) is 0 Å². The van der Waals surface area contributed by atoms with Crippen molar-refractivity contribution >= 4 is 27.6 Å². The summed E-state index contributed by atoms with van der Waals surface area (Å²) < 4.78 is 5.69. The molecule has 0 aliphatic heterocycles. The third-order valence-corrected chi connectivity index (χ3v) is 3.72. The summed E-state index contributed by atoms with van der Waals surface area (Å²) in [6, 6.07) is 13.9. The number of amides is 1. The first-order chi connectivity index (χ1) is 10.6. The van der Waals surface area contributed by atoms with E-state index in [-0.39, 0.29) is 5.91 Å². The Morgan fingerprint density at radius 1 is 1.14 bits per heavy atom. The van der Waals surface area contributed by atoms with E-state index in [1.807, 2.05) is 50.5 Å². The number of furan rings is 1. The van der Waals surface area contributed by atoms with Crippen molar-refractivity contribution in [3.8, 4) is 0 Å². The lowest BCUT2D eigenvalue weighted by molar-refractivity contribution is 0.0927. The number of carbonyl (C=O) groups excluding carboxylic acids is 1. The Hall–Kier alpha value is -2.33. The maximum atomic E-state index is 12.2. The van der Waals surface area contributed by atoms with Gasteiger partial charge in [-0.25, -0.2) is 0 Å². The highest BCUT2D eigenvalue weighted by atomic mass is 16.3. The van der Waals surface area contributed by atoms with Crippen LogP contribution in [0, 0.1) is 0 Å². The number of carbonyl (C=O) groups is 1. The Morgan fingerprint density at radius 2 is 1.95 bits per heavy atom. The lowest BCUT2D eigenvalue weighted by Crippen LogP contribution is -2.26. The van der Waals surface area contributed by atoms with Gasteiger partial charge in [0.1, 0.15) is 5.58 Å². The number of benzene rings is 2. The summed E-state index contributed by atoms with van der Waals surface area (Å²) in [4.78, 5) is 14.3. The van der Waals surface area contributed by atoms with Crippen molar-refractivity contribution in [2.24, 2.45) is 0 Å². The lowest BCUT2D eigenvalue weighted by Gasteiger charge is -2.08. The Balaban J connectivity index is 1.80. The van der Waals surface area contributed by atoms with Crippen LogP contribution in [0.2, 0.25) is 0 Å². The molecular weight excluding hydrogens is 276 g/mol. The minimum Gasteiger partial charge on any atom is -0.451 e. The van der Waals surface area contributed by atoms with Gasteiger partial charge in [-0.05, 0) is 50.0 Å². The summed E-state index contributed by atoms with van der Waals surface area (Å²) in [5.74, 6) is 0.218. The molecule has 0 bridgehead atoms. The molecule has 3 aromatic rings. The second-order valence-corrected chi connectivity index (χ2v) is 5.72. The van der Waals surface area contributed by atoms with Gasteiger partial charge in [0.05, 0.1) is 0 Å². The highest BCUT2D eigenvalue weighted by molar-refractivity contribution is 6.08. The van der Waals surface area contributed by atoms with Crippen molar-refractivity contribution in [2.45, 2.75) is 6.42 Å². The number of hydrogen-bond donors (Lipinski definition) is 1. The predicted octanol–water partition coefficient (Wildman–Crippen LogP) is 3.27. The molecule has 0 aliphatic rings. The fourth-order valence-corrected chi connectivity index (χ4v) is 2.59. The normalized spacial score (nSPS) is 11.4. The van der Waals surface area contributed by atoms with Gasteiger partial charge in [-0.1, -0.05) is 30.3 Å². The van der Waals surface area contributed by atoms with E-state index in [9.17, 15) is 4.79 Å². The third kappa shape index (κ3) is 2.97. The monoisotopic (exact) mass is 296 g/mol. The second kappa shape index (κ2) is 6.20. The van der Waals surface area contributed by atoms with Crippen molar-refractivity contribution in [3.05, 3.63) is 48.2 Å². The minimum absolute atomic E-state index is 0.154. The van der Waals surface area contributed by atoms with Crippen molar-refractivity contribution < 1.29 is 9.21 Å². The maximum Gasteiger partial charge on any atom is 0.287 e. The standard InChI is InChI=1S/C18H20N2O2/c1-20(2)11-5-10-19-18(21)17-12-15-14-7-4-3-6-13(14)8-9-16(15)22-17/h3-4,6-9,12H,5,10-11H2,1-2H3,(H,19,21). The Labute approximate surface area is 129 Å². The van der Waals surface area contributed by atoms with E-state index in [0.29, 0.717) is 12.3 Å². The number of hydrogen-bond acceptors (Lipinski definition) is 3. The number of nitrogens with one attached hydrogen (secondary N) is 1. The fraction of sp³-hybridized carbons (Fsp3) is 0.278. The molecule has 3 rings (SSSR count). The molecule has 1 aromatic heterocycles. The summed E-state index contributed by atoms with van der Waals surface area (Å²) >= 11 is 0. The van der Waals surface area contributed by atoms with Crippen molar-refractivity contribution in [1.82, 2.24) is 10.2 Å². The van der Waals surface area contributed by atoms with E-state index in [2.05, 4.69) is 16.3 Å². The van der Waals surface area contributed by atoms with Crippen LogP contribution in [0.25, 0.3) is 21.7 Å². The van der Waals surface area contributed by atoms with Crippen molar-refractivity contribution in [1.29, 1.82) is 0 Å². The number of nitrogens with zero attached hydrogens (tertiary/aromatic N) is 1. The maximum absolute atomic E-state index is 12.2. The van der Waals surface area contributed by atoms with E-state index < -0.39 is 0 Å². The quantitative estimate of drug-likeness (QED) is 0.735. The van der Waals surface area contributed by atoms with E-state index in [4.69, 9.17) is 4.42 Å². The van der Waals surface area contributed by atoms with E-state index in [1.165, 1.54) is 0 Å². The minimum atomic E-state index is -0.154. The first-order valence-electron chi connectivity index (χ1n) is 7.49. The molecule has 22 heavy (non-hydrogen) atoms. The molecule has 0 fully saturated rings. The molecule has 4 heteroatoms. The van der Waals surface area contributed by atoms with Gasteiger partial charge in [0.2, 0.25) is 0 Å². The molecule has 114 valence electrons. The molecule has 1 heterocycles. The summed E-state index contributed by atoms with van der Waals surface area (Å²) in [7, 11) is 4.04. The van der Waals surface area contributed by atoms with Crippen LogP contribution in [0.1, 0.15) is 17.0 Å². The zero-order valence-corrected chi connectivity index (χ0v) is 12.9. The smallest absolute Gasteiger partial charge is 0.287 e. The van der Waals surface area contributed by atoms with Crippen molar-refractivity contribution in [3.63, 3.8) is 0 Å². The number of rotatable bonds is 5. The van der Waals surface area contributed by atoms with Crippen LogP contribution in [-0.4, -0.2) is 38.0 Å². The second-order valence-electron chi connectivity index (χ2n) is 5.72. The number of fused-ring (bicyclic) bond motifs is 3. The van der Waals surface area contributed by atoms with Crippen LogP contribution >= 0.6 is 0 Å². The summed E-state index contributed by atoms with van der Waals surface area (Å²) in [5, 5.41) is 6.14. The largest absolute Gasteiger partial charge is 0.451 e. The molecule has 0 unspecified atom stereocenters. The molecule has 1 N–H and O–H groups in total. The third-order valence-electron chi connectivity index (χ3n) is 3.72. The molecule has 0 spiro atoms. The van der Waals surface area contributed by atoms with Crippen molar-refractivity contribution in [2.75, 3.05) is 27.2 Å². The zero-order valence-electron chi connectivity index (χ0n) is 12.9. The highest BCUT2D eigenvalue weighted by Gasteiger charge is 2.13. The Kier molecular flexibility index (Phi) is 4.11. The molecule has 1 amide bonds. The highest BCUT2D eigenvalue weighted by Crippen LogP contribution is 2.27. The van der Waals surface area contributed by atoms with Crippen LogP contribution < -0.4 is 5.32 Å². The van der Waals surface area contributed by atoms with Gasteiger partial charge < -0.3 is 14.6 Å². The molecular formula is C18H20N2O2. The van der Waals surface area contributed by atoms with E-state index in [1.54, 1.807) is 0 Å². The average Bonchev–Trinajstić information content (AvgIpc) is 2.96. The van der Waals surface area contributed by atoms with Gasteiger partial charge in [-0.15, -0.1) is 0 Å².